The molecule has 0 saturated carbocycles. The number of nitrogens with zero attached hydrogens (tertiary/aromatic N) is 7. The molecule has 3 fully saturated rings. The molecule has 0 radical (unpaired) electrons. The van der Waals surface area contributed by atoms with Crippen LogP contribution in [-0.2, 0) is 36.7 Å². The van der Waals surface area contributed by atoms with Gasteiger partial charge in [0.2, 0.25) is 5.95 Å². The number of phosphoric ester groups is 2. The predicted molar refractivity (Wildman–Crippen MR) is 155 cm³/mol. The van der Waals surface area contributed by atoms with Gasteiger partial charge in [-0.15, -0.1) is 0 Å². The maximum atomic E-state index is 13.5. The van der Waals surface area contributed by atoms with E-state index in [2.05, 4.69) is 29.9 Å². The Bertz CT molecular complexity index is 1970. The Balaban J connectivity index is 1.23. The maximum Gasteiger partial charge on any atom is 0.472 e. The minimum Gasteiger partial charge on any atom is -0.386 e. The third-order valence-electron chi connectivity index (χ3n) is 8.00. The average Bonchev–Trinajstić information content (AvgIpc) is 3.76. The second kappa shape index (κ2) is 11.9. The predicted octanol–water partition coefficient (Wildman–Crippen LogP) is -1.74. The minimum atomic E-state index is -5.02. The number of ether oxygens (including phenoxy) is 2. The van der Waals surface area contributed by atoms with Gasteiger partial charge in [-0.3, -0.25) is 37.0 Å². The van der Waals surface area contributed by atoms with Crippen molar-refractivity contribution in [2.45, 2.75) is 49.4 Å². The van der Waals surface area contributed by atoms with Crippen LogP contribution in [0.3, 0.4) is 0 Å². The molecule has 0 aliphatic carbocycles. The zero-order chi connectivity index (χ0) is 33.2. The molecule has 0 spiro atoms. The number of fused-ring (bicyclic) bond motifs is 5. The summed E-state index contributed by atoms with van der Waals surface area (Å²) in [5.74, 6) is -1.02. The van der Waals surface area contributed by atoms with E-state index >= 15 is 0 Å². The van der Waals surface area contributed by atoms with E-state index in [1.165, 1.54) is 21.8 Å². The van der Waals surface area contributed by atoms with Crippen molar-refractivity contribution in [3.8, 4) is 0 Å². The zero-order valence-electron chi connectivity index (χ0n) is 24.0. The van der Waals surface area contributed by atoms with Crippen molar-refractivity contribution in [2.75, 3.05) is 31.2 Å². The molecule has 10 N–H and O–H groups in total. The molecule has 23 nitrogen and oxygen atoms in total. The molecule has 2 bridgehead atoms. The number of hydrogen-bond acceptors (Lipinski definition) is 18. The number of H-pyrrole nitrogens is 1. The number of aromatic amines is 1. The van der Waals surface area contributed by atoms with Crippen molar-refractivity contribution in [1.82, 2.24) is 39.0 Å². The smallest absolute Gasteiger partial charge is 0.386 e. The number of rotatable bonds is 4. The molecular weight excluding hydrogens is 672 g/mol. The van der Waals surface area contributed by atoms with Crippen LogP contribution < -0.4 is 22.8 Å². The molecule has 25 heteroatoms. The topological polar surface area (TPSA) is 335 Å². The Morgan fingerprint density at radius 1 is 0.894 bits per heavy atom. The molecule has 0 amide bonds. The molecular formula is C22H29N11O12P2. The van der Waals surface area contributed by atoms with Crippen LogP contribution in [0.5, 0.6) is 0 Å². The summed E-state index contributed by atoms with van der Waals surface area (Å²) in [4.78, 5) is 56.7. The van der Waals surface area contributed by atoms with Crippen LogP contribution in [0, 0.1) is 5.92 Å². The molecule has 3 aliphatic heterocycles. The second-order valence-corrected chi connectivity index (χ2v) is 13.7. The Morgan fingerprint density at radius 3 is 2.26 bits per heavy atom. The molecule has 0 aromatic carbocycles. The maximum absolute atomic E-state index is 13.5. The van der Waals surface area contributed by atoms with E-state index in [9.17, 15) is 28.8 Å². The van der Waals surface area contributed by atoms with Crippen LogP contribution >= 0.6 is 15.6 Å². The van der Waals surface area contributed by atoms with Crippen LogP contribution in [-0.4, -0.2) is 104 Å². The highest BCUT2D eigenvalue weighted by Crippen LogP contribution is 2.55. The standard InChI is InChI=1S/C22H29N11O12P2/c23-2-1-8-9-3-40-47(38,39)45-15-10(43-20(13(15)34)32-6-28-11-16(24)26-5-27-17(11)32)4-41-46(36,37)44-14(8)21(42-9)33-7-29-12-18(33)30-22(25)31-19(12)35/h5-10,13-15,20-21,34H,1-4,23H2,(H,36,37)(H,38,39)(H2,24,26,27)(H3,25,30,31,35)/t8?,9-,10-,13+,14+,15?,20-,21-/m1/s1. The number of aliphatic hydroxyl groups excluding tert-OH is 1. The number of phosphoric acid groups is 2. The quantitative estimate of drug-likeness (QED) is 0.116. The highest BCUT2D eigenvalue weighted by molar-refractivity contribution is 7.47. The van der Waals surface area contributed by atoms with Gasteiger partial charge in [0, 0.05) is 5.92 Å². The first-order chi connectivity index (χ1) is 22.4. The Labute approximate surface area is 262 Å². The monoisotopic (exact) mass is 701 g/mol. The number of nitrogen functional groups attached to an aromatic ring is 2. The van der Waals surface area contributed by atoms with E-state index in [4.69, 9.17) is 44.8 Å². The summed E-state index contributed by atoms with van der Waals surface area (Å²) in [6.07, 6.45) is -6.07. The van der Waals surface area contributed by atoms with Crippen molar-refractivity contribution in [2.24, 2.45) is 11.7 Å². The fourth-order valence-corrected chi connectivity index (χ4v) is 7.87. The molecule has 10 atom stereocenters. The van der Waals surface area contributed by atoms with E-state index in [1.54, 1.807) is 0 Å². The number of imidazole rings is 2. The number of aromatic nitrogens is 8. The van der Waals surface area contributed by atoms with Crippen molar-refractivity contribution in [1.29, 1.82) is 0 Å². The summed E-state index contributed by atoms with van der Waals surface area (Å²) >= 11 is 0. The first-order valence-electron chi connectivity index (χ1n) is 14.0. The van der Waals surface area contributed by atoms with Crippen molar-refractivity contribution < 1.29 is 51.6 Å². The summed E-state index contributed by atoms with van der Waals surface area (Å²) in [7, 11) is -10.0. The van der Waals surface area contributed by atoms with Gasteiger partial charge in [-0.1, -0.05) is 0 Å². The Kier molecular flexibility index (Phi) is 8.14. The lowest BCUT2D eigenvalue weighted by atomic mass is 9.94. The Hall–Kier alpha value is -3.44. The van der Waals surface area contributed by atoms with Crippen LogP contribution in [0.15, 0.2) is 23.8 Å². The Morgan fingerprint density at radius 2 is 1.53 bits per heavy atom. The molecule has 3 aliphatic rings. The lowest BCUT2D eigenvalue weighted by molar-refractivity contribution is -0.0671. The van der Waals surface area contributed by atoms with E-state index in [0.717, 1.165) is 6.33 Å². The van der Waals surface area contributed by atoms with Gasteiger partial charge in [0.1, 0.15) is 36.3 Å². The van der Waals surface area contributed by atoms with Crippen LogP contribution in [0.25, 0.3) is 22.3 Å². The van der Waals surface area contributed by atoms with Gasteiger partial charge in [-0.05, 0) is 13.0 Å². The fourth-order valence-electron chi connectivity index (χ4n) is 5.94. The molecule has 4 aromatic heterocycles. The summed E-state index contributed by atoms with van der Waals surface area (Å²) in [6, 6.07) is 0. The number of anilines is 2. The van der Waals surface area contributed by atoms with E-state index in [0.29, 0.717) is 0 Å². The SMILES string of the molecule is NCCC1[C@H]2COP(=O)(O)OC3[C@@H](COP(=O)(O)O[C@@H]1[C@H](n1cnc4c(=O)[nH]c(N)nc41)O2)O[C@@H](n1cnc2c(N)ncnc21)[C@H]3O. The molecule has 4 aromatic rings. The van der Waals surface area contributed by atoms with Crippen molar-refractivity contribution in [3.05, 3.63) is 29.3 Å². The summed E-state index contributed by atoms with van der Waals surface area (Å²) in [5, 5.41) is 11.2. The van der Waals surface area contributed by atoms with Crippen LogP contribution in [0.4, 0.5) is 11.8 Å². The number of nitrogens with two attached hydrogens (primary N) is 3. The van der Waals surface area contributed by atoms with Gasteiger partial charge in [0.25, 0.3) is 5.56 Å². The zero-order valence-corrected chi connectivity index (χ0v) is 25.7. The molecule has 254 valence electrons. The molecule has 47 heavy (non-hydrogen) atoms. The van der Waals surface area contributed by atoms with E-state index < -0.39 is 83.3 Å². The van der Waals surface area contributed by atoms with E-state index in [-0.39, 0.29) is 47.1 Å². The van der Waals surface area contributed by atoms with Crippen LogP contribution in [0.1, 0.15) is 18.9 Å². The largest absolute Gasteiger partial charge is 0.472 e. The number of nitrogens with one attached hydrogen (secondary N) is 1. The van der Waals surface area contributed by atoms with Gasteiger partial charge in [0.05, 0.1) is 32.0 Å². The molecule has 7 rings (SSSR count). The van der Waals surface area contributed by atoms with Gasteiger partial charge >= 0.3 is 15.6 Å². The molecule has 4 unspecified atom stereocenters. The third-order valence-corrected chi connectivity index (χ3v) is 9.97. The lowest BCUT2D eigenvalue weighted by Crippen LogP contribution is -2.36. The molecule has 3 saturated heterocycles. The summed E-state index contributed by atoms with van der Waals surface area (Å²) in [6.45, 7) is -1.34. The van der Waals surface area contributed by atoms with Crippen molar-refractivity contribution >= 4 is 49.7 Å². The fraction of sp³-hybridized carbons (Fsp3) is 0.545. The third kappa shape index (κ3) is 5.83. The first-order valence-corrected chi connectivity index (χ1v) is 17.0. The summed E-state index contributed by atoms with van der Waals surface area (Å²) in [5.41, 5.74) is 17.0. The van der Waals surface area contributed by atoms with Gasteiger partial charge in [-0.25, -0.2) is 29.1 Å². The highest BCUT2D eigenvalue weighted by atomic mass is 31.2. The normalized spacial score (nSPS) is 36.6. The van der Waals surface area contributed by atoms with Crippen LogP contribution in [0.2, 0.25) is 0 Å². The summed E-state index contributed by atoms with van der Waals surface area (Å²) < 4.78 is 63.0. The second-order valence-electron chi connectivity index (χ2n) is 10.9. The number of aliphatic hydroxyl groups is 1. The van der Waals surface area contributed by atoms with Gasteiger partial charge in [0.15, 0.2) is 35.1 Å². The minimum absolute atomic E-state index is 0.0369. The lowest BCUT2D eigenvalue weighted by Gasteiger charge is -2.26. The van der Waals surface area contributed by atoms with E-state index in [1.807, 2.05) is 0 Å². The van der Waals surface area contributed by atoms with Crippen molar-refractivity contribution in [3.63, 3.8) is 0 Å². The average molecular weight is 701 g/mol. The van der Waals surface area contributed by atoms with Gasteiger partial charge in [-0.2, -0.15) is 4.98 Å². The molecule has 7 heterocycles. The number of hydrogen-bond donors (Lipinski definition) is 7. The highest BCUT2D eigenvalue weighted by Gasteiger charge is 2.54. The first kappa shape index (κ1) is 32.1. The van der Waals surface area contributed by atoms with Gasteiger partial charge < -0.3 is 41.6 Å².